The summed E-state index contributed by atoms with van der Waals surface area (Å²) in [6, 6.07) is 7.24. The molecule has 4 N–H and O–H groups in total. The van der Waals surface area contributed by atoms with Gasteiger partial charge in [-0.1, -0.05) is 12.1 Å². The predicted octanol–water partition coefficient (Wildman–Crippen LogP) is 0.0101. The van der Waals surface area contributed by atoms with Crippen LogP contribution in [0.5, 0.6) is 0 Å². The number of hydrogen-bond donors (Lipinski definition) is 2. The van der Waals surface area contributed by atoms with E-state index in [1.807, 2.05) is 12.1 Å². The van der Waals surface area contributed by atoms with E-state index in [4.69, 9.17) is 11.7 Å². The van der Waals surface area contributed by atoms with Crippen molar-refractivity contribution in [3.05, 3.63) is 29.8 Å². The van der Waals surface area contributed by atoms with Gasteiger partial charge in [0.1, 0.15) is 12.6 Å². The van der Waals surface area contributed by atoms with E-state index in [1.165, 1.54) is 11.3 Å². The molecule has 0 aliphatic rings. The second kappa shape index (κ2) is 4.98. The van der Waals surface area contributed by atoms with E-state index < -0.39 is 0 Å². The number of rotatable bonds is 4. The fourth-order valence-electron chi connectivity index (χ4n) is 1.04. The van der Waals surface area contributed by atoms with Crippen LogP contribution in [0.25, 0.3) is 0 Å². The summed E-state index contributed by atoms with van der Waals surface area (Å²) in [6.45, 7) is 0. The first kappa shape index (κ1) is 10.2. The number of benzene rings is 1. The predicted molar refractivity (Wildman–Crippen MR) is 55.6 cm³/mol. The highest BCUT2D eigenvalue weighted by Gasteiger charge is 1.97. The summed E-state index contributed by atoms with van der Waals surface area (Å²) in [7, 11) is 0. The Kier molecular flexibility index (Phi) is 3.63. The Bertz CT molecular complexity index is 320. The Morgan fingerprint density at radius 1 is 1.36 bits per heavy atom. The maximum atomic E-state index is 10.2. The highest BCUT2D eigenvalue weighted by atomic mass is 16.1. The number of carbonyl (C=O) groups is 1. The molecule has 1 rings (SSSR count). The van der Waals surface area contributed by atoms with E-state index in [0.717, 1.165) is 17.5 Å². The Hall–Kier alpha value is -1.88. The van der Waals surface area contributed by atoms with E-state index in [-0.39, 0.29) is 0 Å². The quantitative estimate of drug-likeness (QED) is 0.231. The Labute approximate surface area is 82.0 Å². The van der Waals surface area contributed by atoms with Crippen LogP contribution in [0.4, 0.5) is 5.69 Å². The van der Waals surface area contributed by atoms with Crippen molar-refractivity contribution in [3.63, 3.8) is 0 Å². The normalized spacial score (nSPS) is 10.4. The third-order valence-corrected chi connectivity index (χ3v) is 1.74. The minimum absolute atomic E-state index is 0.413. The van der Waals surface area contributed by atoms with Crippen LogP contribution in [-0.2, 0) is 11.2 Å². The van der Waals surface area contributed by atoms with Crippen LogP contribution in [0, 0.1) is 0 Å². The first-order valence-electron chi connectivity index (χ1n) is 4.08. The summed E-state index contributed by atoms with van der Waals surface area (Å²) in [5.41, 5.74) is 1.70. The van der Waals surface area contributed by atoms with Crippen LogP contribution in [0.3, 0.4) is 0 Å². The Balaban J connectivity index is 2.76. The lowest BCUT2D eigenvalue weighted by atomic mass is 10.1. The highest BCUT2D eigenvalue weighted by molar-refractivity contribution is 5.77. The lowest BCUT2D eigenvalue weighted by molar-refractivity contribution is -0.107. The molecule has 0 unspecified atom stereocenters. The molecule has 0 radical (unpaired) electrons. The van der Waals surface area contributed by atoms with E-state index in [2.05, 4.69) is 5.10 Å². The largest absolute Gasteiger partial charge is 0.322 e. The van der Waals surface area contributed by atoms with Gasteiger partial charge >= 0.3 is 0 Å². The molecule has 1 aromatic rings. The third-order valence-electron chi connectivity index (χ3n) is 1.74. The number of anilines is 1. The number of nitrogens with two attached hydrogens (primary N) is 2. The van der Waals surface area contributed by atoms with Crippen LogP contribution >= 0.6 is 0 Å². The molecular weight excluding hydrogens is 180 g/mol. The average Bonchev–Trinajstić information content (AvgIpc) is 2.20. The minimum atomic E-state index is 0.413. The lowest BCUT2D eigenvalue weighted by Gasteiger charge is -2.11. The van der Waals surface area contributed by atoms with Gasteiger partial charge in [-0.3, -0.25) is 5.01 Å². The molecule has 5 nitrogen and oxygen atoms in total. The van der Waals surface area contributed by atoms with Crippen LogP contribution in [-0.4, -0.2) is 12.6 Å². The van der Waals surface area contributed by atoms with Gasteiger partial charge < -0.3 is 10.6 Å². The SMILES string of the molecule is N/N=C\N(N)c1ccc(CC=O)cc1. The van der Waals surface area contributed by atoms with Crippen molar-refractivity contribution in [2.75, 3.05) is 5.01 Å². The summed E-state index contributed by atoms with van der Waals surface area (Å²) < 4.78 is 0. The average molecular weight is 192 g/mol. The molecule has 0 bridgehead atoms. The zero-order valence-electron chi connectivity index (χ0n) is 7.63. The molecule has 0 saturated carbocycles. The molecule has 0 fully saturated rings. The fraction of sp³-hybridized carbons (Fsp3) is 0.111. The summed E-state index contributed by atoms with van der Waals surface area (Å²) in [6.07, 6.45) is 2.57. The monoisotopic (exact) mass is 192 g/mol. The van der Waals surface area contributed by atoms with Gasteiger partial charge in [-0.2, -0.15) is 5.10 Å². The van der Waals surface area contributed by atoms with Crippen molar-refractivity contribution in [3.8, 4) is 0 Å². The highest BCUT2D eigenvalue weighted by Crippen LogP contribution is 2.11. The molecule has 74 valence electrons. The van der Waals surface area contributed by atoms with Gasteiger partial charge in [-0.05, 0) is 17.7 Å². The van der Waals surface area contributed by atoms with Gasteiger partial charge in [0.2, 0.25) is 0 Å². The van der Waals surface area contributed by atoms with Gasteiger partial charge in [-0.25, -0.2) is 5.84 Å². The molecule has 1 aromatic carbocycles. The van der Waals surface area contributed by atoms with Gasteiger partial charge in [0, 0.05) is 6.42 Å². The van der Waals surface area contributed by atoms with Crippen molar-refractivity contribution in [1.82, 2.24) is 0 Å². The topological polar surface area (TPSA) is 84.7 Å². The van der Waals surface area contributed by atoms with E-state index in [9.17, 15) is 4.79 Å². The fourth-order valence-corrected chi connectivity index (χ4v) is 1.04. The maximum Gasteiger partial charge on any atom is 0.129 e. The molecule has 0 atom stereocenters. The molecule has 0 heterocycles. The maximum absolute atomic E-state index is 10.2. The first-order chi connectivity index (χ1) is 6.77. The number of carbonyl (C=O) groups excluding carboxylic acids is 1. The molecule has 0 aliphatic heterocycles. The number of aldehydes is 1. The second-order valence-electron chi connectivity index (χ2n) is 2.71. The van der Waals surface area contributed by atoms with Gasteiger partial charge in [0.15, 0.2) is 0 Å². The van der Waals surface area contributed by atoms with Gasteiger partial charge in [-0.15, -0.1) is 0 Å². The summed E-state index contributed by atoms with van der Waals surface area (Å²) in [5.74, 6) is 10.5. The second-order valence-corrected chi connectivity index (χ2v) is 2.71. The van der Waals surface area contributed by atoms with Crippen molar-refractivity contribution < 1.29 is 4.79 Å². The third kappa shape index (κ3) is 2.56. The molecule has 0 spiro atoms. The molecule has 5 heteroatoms. The lowest BCUT2D eigenvalue weighted by Crippen LogP contribution is -2.29. The molecule has 0 amide bonds. The van der Waals surface area contributed by atoms with Crippen molar-refractivity contribution >= 4 is 18.3 Å². The Morgan fingerprint density at radius 2 is 2.00 bits per heavy atom. The number of hydrogen-bond acceptors (Lipinski definition) is 4. The standard InChI is InChI=1S/C9H12N4O/c10-12-7-13(11)9-3-1-8(2-4-9)5-6-14/h1-4,6-7H,5,10-11H2/b12-7-. The van der Waals surface area contributed by atoms with Gasteiger partial charge in [0.25, 0.3) is 0 Å². The Morgan fingerprint density at radius 3 is 2.50 bits per heavy atom. The molecule has 14 heavy (non-hydrogen) atoms. The number of hydrazine groups is 1. The molecule has 0 aromatic heterocycles. The number of hydrazone groups is 1. The van der Waals surface area contributed by atoms with Crippen LogP contribution in [0.2, 0.25) is 0 Å². The van der Waals surface area contributed by atoms with Crippen LogP contribution in [0.1, 0.15) is 5.56 Å². The molecule has 0 saturated heterocycles. The molecular formula is C9H12N4O. The molecule has 0 aliphatic carbocycles. The van der Waals surface area contributed by atoms with Crippen LogP contribution in [0.15, 0.2) is 29.4 Å². The van der Waals surface area contributed by atoms with Crippen molar-refractivity contribution in [1.29, 1.82) is 0 Å². The van der Waals surface area contributed by atoms with Crippen molar-refractivity contribution in [2.45, 2.75) is 6.42 Å². The number of nitrogens with zero attached hydrogens (tertiary/aromatic N) is 2. The minimum Gasteiger partial charge on any atom is -0.322 e. The summed E-state index contributed by atoms with van der Waals surface area (Å²) >= 11 is 0. The zero-order valence-corrected chi connectivity index (χ0v) is 7.63. The van der Waals surface area contributed by atoms with Crippen LogP contribution < -0.4 is 16.7 Å². The first-order valence-corrected chi connectivity index (χ1v) is 4.08. The smallest absolute Gasteiger partial charge is 0.129 e. The van der Waals surface area contributed by atoms with E-state index >= 15 is 0 Å². The summed E-state index contributed by atoms with van der Waals surface area (Å²) in [5, 5.41) is 4.59. The van der Waals surface area contributed by atoms with Gasteiger partial charge in [0.05, 0.1) is 5.69 Å². The van der Waals surface area contributed by atoms with E-state index in [1.54, 1.807) is 12.1 Å². The van der Waals surface area contributed by atoms with E-state index in [0.29, 0.717) is 6.42 Å². The zero-order chi connectivity index (χ0) is 10.4. The van der Waals surface area contributed by atoms with Crippen molar-refractivity contribution in [2.24, 2.45) is 16.8 Å². The summed E-state index contributed by atoms with van der Waals surface area (Å²) in [4.78, 5) is 10.2.